The predicted molar refractivity (Wildman–Crippen MR) is 90.3 cm³/mol. The molecule has 0 aliphatic heterocycles. The first-order valence-electron chi connectivity index (χ1n) is 7.95. The van der Waals surface area contributed by atoms with Gasteiger partial charge in [-0.1, -0.05) is 31.4 Å². The summed E-state index contributed by atoms with van der Waals surface area (Å²) < 4.78 is 5.22. The number of nitrogens with one attached hydrogen (secondary N) is 1. The van der Waals surface area contributed by atoms with Gasteiger partial charge in [0.05, 0.1) is 16.3 Å². The molecule has 1 fully saturated rings. The number of rotatable bonds is 4. The minimum absolute atomic E-state index is 0.156. The van der Waals surface area contributed by atoms with Crippen LogP contribution in [-0.4, -0.2) is 24.0 Å². The maximum atomic E-state index is 12.2. The fraction of sp³-hybridized carbons (Fsp3) is 0.529. The number of nitrogen functional groups attached to an aromatic ring is 1. The first kappa shape index (κ1) is 17.6. The number of ether oxygens (including phenoxy) is 1. The van der Waals surface area contributed by atoms with Gasteiger partial charge in [0.15, 0.2) is 6.10 Å². The first-order valence-corrected chi connectivity index (χ1v) is 8.32. The molecule has 1 aromatic rings. The Morgan fingerprint density at radius 3 is 2.70 bits per heavy atom. The van der Waals surface area contributed by atoms with E-state index in [2.05, 4.69) is 12.2 Å². The Hall–Kier alpha value is -1.75. The van der Waals surface area contributed by atoms with E-state index in [9.17, 15) is 9.59 Å². The van der Waals surface area contributed by atoms with Gasteiger partial charge in [-0.05, 0) is 43.9 Å². The summed E-state index contributed by atoms with van der Waals surface area (Å²) in [6, 6.07) is 4.65. The molecule has 0 bridgehead atoms. The summed E-state index contributed by atoms with van der Waals surface area (Å²) in [6.45, 7) is 3.71. The van der Waals surface area contributed by atoms with Gasteiger partial charge in [0.1, 0.15) is 0 Å². The molecule has 2 rings (SSSR count). The lowest BCUT2D eigenvalue weighted by Crippen LogP contribution is -2.45. The van der Waals surface area contributed by atoms with Crippen LogP contribution in [0.3, 0.4) is 0 Å². The van der Waals surface area contributed by atoms with E-state index in [0.717, 1.165) is 19.3 Å². The van der Waals surface area contributed by atoms with Crippen molar-refractivity contribution in [3.8, 4) is 0 Å². The number of anilines is 1. The summed E-state index contributed by atoms with van der Waals surface area (Å²) in [5.41, 5.74) is 6.24. The van der Waals surface area contributed by atoms with Crippen LogP contribution in [0, 0.1) is 5.92 Å². The molecule has 0 radical (unpaired) electrons. The van der Waals surface area contributed by atoms with Crippen LogP contribution in [0.15, 0.2) is 18.2 Å². The Morgan fingerprint density at radius 2 is 2.04 bits per heavy atom. The van der Waals surface area contributed by atoms with Crippen molar-refractivity contribution < 1.29 is 14.3 Å². The van der Waals surface area contributed by atoms with Gasteiger partial charge >= 0.3 is 5.97 Å². The smallest absolute Gasteiger partial charge is 0.338 e. The zero-order valence-corrected chi connectivity index (χ0v) is 14.2. The zero-order valence-electron chi connectivity index (χ0n) is 13.5. The molecular weight excluding hydrogens is 316 g/mol. The van der Waals surface area contributed by atoms with Crippen LogP contribution in [0.1, 0.15) is 49.9 Å². The van der Waals surface area contributed by atoms with Crippen molar-refractivity contribution in [2.75, 3.05) is 5.73 Å². The summed E-state index contributed by atoms with van der Waals surface area (Å²) in [5, 5.41) is 3.36. The molecule has 1 aliphatic rings. The summed E-state index contributed by atoms with van der Waals surface area (Å²) in [4.78, 5) is 24.3. The third-order valence-electron chi connectivity index (χ3n) is 4.32. The average Bonchev–Trinajstić information content (AvgIpc) is 2.52. The number of hydrogen-bond donors (Lipinski definition) is 2. The van der Waals surface area contributed by atoms with Crippen LogP contribution in [0.4, 0.5) is 5.69 Å². The summed E-state index contributed by atoms with van der Waals surface area (Å²) in [5.74, 6) is -0.404. The molecule has 0 spiro atoms. The molecule has 3 atom stereocenters. The Labute approximate surface area is 141 Å². The van der Waals surface area contributed by atoms with Crippen molar-refractivity contribution in [2.45, 2.75) is 51.7 Å². The zero-order chi connectivity index (χ0) is 17.0. The van der Waals surface area contributed by atoms with Crippen LogP contribution in [0.2, 0.25) is 5.02 Å². The number of halogens is 1. The lowest BCUT2D eigenvalue weighted by Gasteiger charge is -2.30. The average molecular weight is 339 g/mol. The number of nitrogens with two attached hydrogens (primary N) is 1. The molecule has 0 saturated heterocycles. The predicted octanol–water partition coefficient (Wildman–Crippen LogP) is 3.16. The molecule has 1 saturated carbocycles. The van der Waals surface area contributed by atoms with E-state index < -0.39 is 12.1 Å². The molecule has 3 N–H and O–H groups in total. The molecule has 1 aliphatic carbocycles. The molecule has 1 amide bonds. The van der Waals surface area contributed by atoms with Gasteiger partial charge in [0.2, 0.25) is 0 Å². The molecular formula is C17H23ClN2O3. The van der Waals surface area contributed by atoms with Crippen LogP contribution >= 0.6 is 11.6 Å². The van der Waals surface area contributed by atoms with Crippen molar-refractivity contribution in [3.05, 3.63) is 28.8 Å². The summed E-state index contributed by atoms with van der Waals surface area (Å²) in [6.07, 6.45) is 3.56. The van der Waals surface area contributed by atoms with Gasteiger partial charge in [-0.25, -0.2) is 4.79 Å². The second-order valence-corrected chi connectivity index (χ2v) is 6.57. The van der Waals surface area contributed by atoms with Gasteiger partial charge in [-0.3, -0.25) is 4.79 Å². The highest BCUT2D eigenvalue weighted by molar-refractivity contribution is 6.33. The standard InChI is InChI=1S/C17H23ClN2O3/c1-10-5-3-4-6-15(10)20-16(21)11(2)23-17(22)12-7-8-13(18)14(19)9-12/h7-11,15H,3-6,19H2,1-2H3,(H,20,21)/t10-,11-,15-/m1/s1. The van der Waals surface area contributed by atoms with E-state index in [-0.39, 0.29) is 17.5 Å². The highest BCUT2D eigenvalue weighted by Gasteiger charge is 2.26. The van der Waals surface area contributed by atoms with E-state index in [1.807, 2.05) is 0 Å². The number of esters is 1. The quantitative estimate of drug-likeness (QED) is 0.652. The SMILES string of the molecule is C[C@@H]1CCCC[C@H]1NC(=O)[C@@H](C)OC(=O)c1ccc(Cl)c(N)c1. The van der Waals surface area contributed by atoms with Gasteiger partial charge in [-0.2, -0.15) is 0 Å². The topological polar surface area (TPSA) is 81.4 Å². The van der Waals surface area contributed by atoms with Crippen LogP contribution in [-0.2, 0) is 9.53 Å². The molecule has 0 heterocycles. The van der Waals surface area contributed by atoms with Crippen molar-refractivity contribution in [1.82, 2.24) is 5.32 Å². The van der Waals surface area contributed by atoms with E-state index >= 15 is 0 Å². The van der Waals surface area contributed by atoms with E-state index in [1.54, 1.807) is 6.92 Å². The molecule has 1 aromatic carbocycles. The van der Waals surface area contributed by atoms with E-state index in [0.29, 0.717) is 16.6 Å². The molecule has 23 heavy (non-hydrogen) atoms. The van der Waals surface area contributed by atoms with Crippen LogP contribution < -0.4 is 11.1 Å². The molecule has 6 heteroatoms. The molecule has 0 unspecified atom stereocenters. The number of carbonyl (C=O) groups excluding carboxylic acids is 2. The fourth-order valence-corrected chi connectivity index (χ4v) is 2.90. The minimum atomic E-state index is -0.853. The highest BCUT2D eigenvalue weighted by Crippen LogP contribution is 2.24. The van der Waals surface area contributed by atoms with Crippen molar-refractivity contribution in [3.63, 3.8) is 0 Å². The van der Waals surface area contributed by atoms with E-state index in [1.165, 1.54) is 24.6 Å². The number of hydrogen-bond acceptors (Lipinski definition) is 4. The minimum Gasteiger partial charge on any atom is -0.449 e. The fourth-order valence-electron chi connectivity index (χ4n) is 2.78. The lowest BCUT2D eigenvalue weighted by molar-refractivity contribution is -0.130. The largest absolute Gasteiger partial charge is 0.449 e. The van der Waals surface area contributed by atoms with Gasteiger partial charge in [-0.15, -0.1) is 0 Å². The summed E-state index contributed by atoms with van der Waals surface area (Å²) >= 11 is 5.82. The monoisotopic (exact) mass is 338 g/mol. The van der Waals surface area contributed by atoms with Crippen molar-refractivity contribution in [1.29, 1.82) is 0 Å². The number of amides is 1. The van der Waals surface area contributed by atoms with Gasteiger partial charge in [0, 0.05) is 6.04 Å². The number of benzene rings is 1. The summed E-state index contributed by atoms with van der Waals surface area (Å²) in [7, 11) is 0. The first-order chi connectivity index (χ1) is 10.9. The maximum absolute atomic E-state index is 12.2. The van der Waals surface area contributed by atoms with Crippen molar-refractivity contribution in [2.24, 2.45) is 5.92 Å². The molecule has 5 nitrogen and oxygen atoms in total. The normalized spacial score (nSPS) is 22.2. The third-order valence-corrected chi connectivity index (χ3v) is 4.67. The van der Waals surface area contributed by atoms with Crippen LogP contribution in [0.5, 0.6) is 0 Å². The third kappa shape index (κ3) is 4.61. The van der Waals surface area contributed by atoms with E-state index in [4.69, 9.17) is 22.1 Å². The Morgan fingerprint density at radius 1 is 1.35 bits per heavy atom. The van der Waals surface area contributed by atoms with Gasteiger partial charge in [0.25, 0.3) is 5.91 Å². The van der Waals surface area contributed by atoms with Gasteiger partial charge < -0.3 is 15.8 Å². The highest BCUT2D eigenvalue weighted by atomic mass is 35.5. The Balaban J connectivity index is 1.92. The lowest BCUT2D eigenvalue weighted by atomic mass is 9.86. The van der Waals surface area contributed by atoms with Crippen molar-refractivity contribution >= 4 is 29.2 Å². The molecule has 126 valence electrons. The molecule has 0 aromatic heterocycles. The number of carbonyl (C=O) groups is 2. The second-order valence-electron chi connectivity index (χ2n) is 6.16. The Kier molecular flexibility index (Phi) is 5.88. The van der Waals surface area contributed by atoms with Crippen LogP contribution in [0.25, 0.3) is 0 Å². The second kappa shape index (κ2) is 7.68. The Bertz CT molecular complexity index is 591. The maximum Gasteiger partial charge on any atom is 0.338 e.